The van der Waals surface area contributed by atoms with Gasteiger partial charge in [-0.25, -0.2) is 0 Å². The van der Waals surface area contributed by atoms with Crippen LogP contribution in [0.4, 0.5) is 0 Å². The molecular formula is C10H12Br3NOS. The van der Waals surface area contributed by atoms with Crippen molar-refractivity contribution in [1.29, 1.82) is 0 Å². The molecule has 1 atom stereocenters. The van der Waals surface area contributed by atoms with Gasteiger partial charge in [-0.05, 0) is 50.8 Å². The van der Waals surface area contributed by atoms with E-state index in [-0.39, 0.29) is 5.91 Å². The third-order valence-corrected chi connectivity index (χ3v) is 5.65. The Balaban J connectivity index is 2.35. The number of halogens is 3. The summed E-state index contributed by atoms with van der Waals surface area (Å²) in [6.07, 6.45) is 2.06. The topological polar surface area (TPSA) is 29.1 Å². The van der Waals surface area contributed by atoms with E-state index in [1.165, 1.54) is 11.3 Å². The number of alkyl halides is 1. The van der Waals surface area contributed by atoms with Crippen molar-refractivity contribution in [2.45, 2.75) is 24.6 Å². The zero-order chi connectivity index (χ0) is 12.1. The standard InChI is InChI=1S/C10H12Br3NOS/c1-6(11)3-2-4-14-10(15)8-5-7(12)9(13)16-8/h5-6H,2-4H2,1H3,(H,14,15). The molecule has 1 heterocycles. The average Bonchev–Trinajstić information content (AvgIpc) is 2.54. The summed E-state index contributed by atoms with van der Waals surface area (Å²) in [5.41, 5.74) is 0. The molecule has 0 bridgehead atoms. The first-order valence-corrected chi connectivity index (χ1v) is 8.19. The van der Waals surface area contributed by atoms with Crippen LogP contribution in [0.2, 0.25) is 0 Å². The number of thiophene rings is 1. The molecule has 0 saturated heterocycles. The predicted octanol–water partition coefficient (Wildman–Crippen LogP) is 4.57. The maximum atomic E-state index is 11.7. The zero-order valence-electron chi connectivity index (χ0n) is 8.73. The lowest BCUT2D eigenvalue weighted by molar-refractivity contribution is 0.0957. The summed E-state index contributed by atoms with van der Waals surface area (Å²) >= 11 is 11.6. The van der Waals surface area contributed by atoms with Crippen molar-refractivity contribution in [2.75, 3.05) is 6.54 Å². The van der Waals surface area contributed by atoms with Gasteiger partial charge in [0.15, 0.2) is 0 Å². The highest BCUT2D eigenvalue weighted by molar-refractivity contribution is 9.13. The van der Waals surface area contributed by atoms with Gasteiger partial charge in [0.25, 0.3) is 5.91 Å². The van der Waals surface area contributed by atoms with E-state index in [1.807, 2.05) is 6.07 Å². The Hall–Kier alpha value is 0.610. The van der Waals surface area contributed by atoms with Gasteiger partial charge < -0.3 is 5.32 Å². The van der Waals surface area contributed by atoms with Gasteiger partial charge in [-0.3, -0.25) is 4.79 Å². The van der Waals surface area contributed by atoms with Crippen molar-refractivity contribution >= 4 is 65.0 Å². The van der Waals surface area contributed by atoms with Gasteiger partial charge in [-0.15, -0.1) is 11.3 Å². The first kappa shape index (κ1) is 14.7. The van der Waals surface area contributed by atoms with Crippen molar-refractivity contribution in [2.24, 2.45) is 0 Å². The van der Waals surface area contributed by atoms with Crippen LogP contribution >= 0.6 is 59.1 Å². The molecule has 0 spiro atoms. The SMILES string of the molecule is CC(Br)CCCNC(=O)c1cc(Br)c(Br)s1. The second kappa shape index (κ2) is 7.13. The third kappa shape index (κ3) is 4.85. The molecule has 0 fully saturated rings. The second-order valence-electron chi connectivity index (χ2n) is 3.41. The highest BCUT2D eigenvalue weighted by Gasteiger charge is 2.11. The number of rotatable bonds is 5. The Morgan fingerprint density at radius 3 is 2.75 bits per heavy atom. The lowest BCUT2D eigenvalue weighted by atomic mass is 10.2. The quantitative estimate of drug-likeness (QED) is 0.535. The molecule has 0 aliphatic rings. The molecule has 1 N–H and O–H groups in total. The van der Waals surface area contributed by atoms with Crippen LogP contribution in [-0.2, 0) is 0 Å². The van der Waals surface area contributed by atoms with Gasteiger partial charge in [-0.2, -0.15) is 0 Å². The van der Waals surface area contributed by atoms with Gasteiger partial charge in [-0.1, -0.05) is 22.9 Å². The fraction of sp³-hybridized carbons (Fsp3) is 0.500. The molecule has 1 aromatic heterocycles. The summed E-state index contributed by atoms with van der Waals surface area (Å²) in [5, 5.41) is 2.90. The zero-order valence-corrected chi connectivity index (χ0v) is 14.3. The minimum Gasteiger partial charge on any atom is -0.351 e. The Morgan fingerprint density at radius 1 is 1.56 bits per heavy atom. The summed E-state index contributed by atoms with van der Waals surface area (Å²) in [5.74, 6) is -0.00127. The Labute approximate surface area is 125 Å². The van der Waals surface area contributed by atoms with E-state index in [0.717, 1.165) is 32.5 Å². The van der Waals surface area contributed by atoms with Crippen LogP contribution in [-0.4, -0.2) is 17.3 Å². The molecule has 0 saturated carbocycles. The van der Waals surface area contributed by atoms with Crippen LogP contribution in [0.25, 0.3) is 0 Å². The van der Waals surface area contributed by atoms with E-state index in [0.29, 0.717) is 4.83 Å². The highest BCUT2D eigenvalue weighted by Crippen LogP contribution is 2.32. The molecule has 16 heavy (non-hydrogen) atoms. The molecule has 1 rings (SSSR count). The number of carbonyl (C=O) groups is 1. The fourth-order valence-electron chi connectivity index (χ4n) is 1.13. The lowest BCUT2D eigenvalue weighted by Gasteiger charge is -2.04. The molecule has 1 amide bonds. The van der Waals surface area contributed by atoms with Crippen LogP contribution in [0.5, 0.6) is 0 Å². The molecule has 1 unspecified atom stereocenters. The van der Waals surface area contributed by atoms with Crippen LogP contribution < -0.4 is 5.32 Å². The number of hydrogen-bond acceptors (Lipinski definition) is 2. The molecule has 0 aliphatic carbocycles. The molecule has 90 valence electrons. The monoisotopic (exact) mass is 431 g/mol. The summed E-state index contributed by atoms with van der Waals surface area (Å²) in [7, 11) is 0. The van der Waals surface area contributed by atoms with Gasteiger partial charge in [0.2, 0.25) is 0 Å². The molecule has 0 radical (unpaired) electrons. The van der Waals surface area contributed by atoms with Crippen molar-refractivity contribution in [3.8, 4) is 0 Å². The average molecular weight is 434 g/mol. The largest absolute Gasteiger partial charge is 0.351 e. The van der Waals surface area contributed by atoms with Gasteiger partial charge in [0, 0.05) is 15.8 Å². The number of hydrogen-bond donors (Lipinski definition) is 1. The second-order valence-corrected chi connectivity index (χ2v) is 8.20. The maximum absolute atomic E-state index is 11.7. The summed E-state index contributed by atoms with van der Waals surface area (Å²) < 4.78 is 1.88. The number of amides is 1. The van der Waals surface area contributed by atoms with Gasteiger partial charge in [0.1, 0.15) is 0 Å². The first-order chi connectivity index (χ1) is 7.50. The molecule has 0 aliphatic heterocycles. The molecular weight excluding hydrogens is 422 g/mol. The normalized spacial score (nSPS) is 12.5. The van der Waals surface area contributed by atoms with Crippen molar-refractivity contribution in [3.05, 3.63) is 19.2 Å². The Kier molecular flexibility index (Phi) is 6.54. The van der Waals surface area contributed by atoms with Crippen molar-refractivity contribution in [3.63, 3.8) is 0 Å². The lowest BCUT2D eigenvalue weighted by Crippen LogP contribution is -2.23. The summed E-state index contributed by atoms with van der Waals surface area (Å²) in [6, 6.07) is 1.83. The van der Waals surface area contributed by atoms with E-state index in [9.17, 15) is 4.79 Å². The fourth-order valence-corrected chi connectivity index (χ4v) is 3.41. The van der Waals surface area contributed by atoms with Crippen LogP contribution in [0.15, 0.2) is 14.3 Å². The summed E-state index contributed by atoms with van der Waals surface area (Å²) in [6.45, 7) is 2.83. The molecule has 2 nitrogen and oxygen atoms in total. The van der Waals surface area contributed by atoms with Crippen molar-refractivity contribution < 1.29 is 4.79 Å². The predicted molar refractivity (Wildman–Crippen MR) is 79.7 cm³/mol. The van der Waals surface area contributed by atoms with E-state index < -0.39 is 0 Å². The smallest absolute Gasteiger partial charge is 0.261 e. The van der Waals surface area contributed by atoms with E-state index in [4.69, 9.17) is 0 Å². The van der Waals surface area contributed by atoms with Crippen molar-refractivity contribution in [1.82, 2.24) is 5.32 Å². The maximum Gasteiger partial charge on any atom is 0.261 e. The van der Waals surface area contributed by atoms with Crippen LogP contribution in [0.1, 0.15) is 29.4 Å². The Bertz CT molecular complexity index is 345. The first-order valence-electron chi connectivity index (χ1n) is 4.88. The van der Waals surface area contributed by atoms with Crippen LogP contribution in [0.3, 0.4) is 0 Å². The highest BCUT2D eigenvalue weighted by atomic mass is 79.9. The number of nitrogens with one attached hydrogen (secondary N) is 1. The van der Waals surface area contributed by atoms with E-state index in [1.54, 1.807) is 0 Å². The van der Waals surface area contributed by atoms with E-state index in [2.05, 4.69) is 60.0 Å². The van der Waals surface area contributed by atoms with Gasteiger partial charge in [0.05, 0.1) is 8.66 Å². The summed E-state index contributed by atoms with van der Waals surface area (Å²) in [4.78, 5) is 12.9. The Morgan fingerprint density at radius 2 is 2.25 bits per heavy atom. The van der Waals surface area contributed by atoms with E-state index >= 15 is 0 Å². The minimum atomic E-state index is -0.00127. The molecule has 1 aromatic rings. The number of carbonyl (C=O) groups excluding carboxylic acids is 1. The van der Waals surface area contributed by atoms with Crippen LogP contribution in [0, 0.1) is 0 Å². The molecule has 0 aromatic carbocycles. The molecule has 6 heteroatoms. The van der Waals surface area contributed by atoms with Gasteiger partial charge >= 0.3 is 0 Å². The third-order valence-electron chi connectivity index (χ3n) is 1.93. The minimum absolute atomic E-state index is 0.00127.